The maximum Gasteiger partial charge on any atom is 0.266 e. The van der Waals surface area contributed by atoms with Crippen LogP contribution in [0.25, 0.3) is 11.1 Å². The van der Waals surface area contributed by atoms with E-state index in [0.717, 1.165) is 0 Å². The summed E-state index contributed by atoms with van der Waals surface area (Å²) in [6.45, 7) is 1.90. The molecule has 0 spiro atoms. The van der Waals surface area contributed by atoms with Gasteiger partial charge in [0.15, 0.2) is 11.5 Å². The molecule has 0 saturated heterocycles. The Kier molecular flexibility index (Phi) is 5.23. The van der Waals surface area contributed by atoms with Crippen LogP contribution in [0, 0.1) is 24.1 Å². The highest BCUT2D eigenvalue weighted by Crippen LogP contribution is 2.34. The van der Waals surface area contributed by atoms with E-state index in [2.05, 4.69) is 4.98 Å². The summed E-state index contributed by atoms with van der Waals surface area (Å²) < 4.78 is 24.5. The molecular weight excluding hydrogens is 347 g/mol. The number of ether oxygens (including phenoxy) is 2. The summed E-state index contributed by atoms with van der Waals surface area (Å²) in [5.74, 6) is 0.589. The van der Waals surface area contributed by atoms with Crippen LogP contribution in [-0.2, 0) is 6.61 Å². The summed E-state index contributed by atoms with van der Waals surface area (Å²) in [6.07, 6.45) is 0. The summed E-state index contributed by atoms with van der Waals surface area (Å²) in [5, 5.41) is 9.34. The molecule has 1 heterocycles. The van der Waals surface area contributed by atoms with E-state index >= 15 is 0 Å². The molecule has 0 radical (unpaired) electrons. The topological polar surface area (TPSA) is 75.1 Å². The van der Waals surface area contributed by atoms with Gasteiger partial charge in [-0.3, -0.25) is 4.79 Å². The normalized spacial score (nSPS) is 10.3. The highest BCUT2D eigenvalue weighted by Gasteiger charge is 2.13. The summed E-state index contributed by atoms with van der Waals surface area (Å²) >= 11 is 0. The number of methoxy groups -OCH3 is 1. The Morgan fingerprint density at radius 2 is 1.96 bits per heavy atom. The standard InChI is InChI=1S/C21H17FN2O3/c1-13-8-17(18(11-23)21(25)24-13)15-6-7-19(26-2)20(10-15)27-12-14-4-3-5-16(22)9-14/h3-10H,12H2,1-2H3,(H,24,25). The van der Waals surface area contributed by atoms with Crippen molar-refractivity contribution < 1.29 is 13.9 Å². The highest BCUT2D eigenvalue weighted by molar-refractivity contribution is 5.72. The fourth-order valence-electron chi connectivity index (χ4n) is 2.77. The van der Waals surface area contributed by atoms with Crippen LogP contribution in [0.4, 0.5) is 4.39 Å². The first-order valence-corrected chi connectivity index (χ1v) is 8.21. The summed E-state index contributed by atoms with van der Waals surface area (Å²) in [6, 6.07) is 15.0. The number of H-pyrrole nitrogens is 1. The second-order valence-electron chi connectivity index (χ2n) is 5.97. The average molecular weight is 364 g/mol. The van der Waals surface area contributed by atoms with Gasteiger partial charge in [0.1, 0.15) is 24.1 Å². The smallest absolute Gasteiger partial charge is 0.266 e. The Bertz CT molecular complexity index is 1080. The van der Waals surface area contributed by atoms with Crippen molar-refractivity contribution in [3.63, 3.8) is 0 Å². The zero-order chi connectivity index (χ0) is 19.4. The van der Waals surface area contributed by atoms with Crippen molar-refractivity contribution in [2.24, 2.45) is 0 Å². The van der Waals surface area contributed by atoms with Gasteiger partial charge in [-0.1, -0.05) is 18.2 Å². The van der Waals surface area contributed by atoms with Gasteiger partial charge in [0.25, 0.3) is 5.56 Å². The lowest BCUT2D eigenvalue weighted by Gasteiger charge is -2.13. The number of pyridine rings is 1. The monoisotopic (exact) mass is 364 g/mol. The van der Waals surface area contributed by atoms with E-state index in [1.54, 1.807) is 43.3 Å². The Hall–Kier alpha value is -3.59. The third-order valence-electron chi connectivity index (χ3n) is 4.04. The van der Waals surface area contributed by atoms with Gasteiger partial charge in [-0.05, 0) is 48.4 Å². The maximum atomic E-state index is 13.3. The molecule has 0 amide bonds. The van der Waals surface area contributed by atoms with E-state index in [1.165, 1.54) is 19.2 Å². The van der Waals surface area contributed by atoms with E-state index in [0.29, 0.717) is 33.9 Å². The Morgan fingerprint density at radius 1 is 1.15 bits per heavy atom. The number of aryl methyl sites for hydroxylation is 1. The molecule has 1 N–H and O–H groups in total. The van der Waals surface area contributed by atoms with Crippen molar-refractivity contribution in [2.45, 2.75) is 13.5 Å². The number of rotatable bonds is 5. The molecule has 6 heteroatoms. The van der Waals surface area contributed by atoms with E-state index in [-0.39, 0.29) is 18.0 Å². The van der Waals surface area contributed by atoms with E-state index < -0.39 is 5.56 Å². The third kappa shape index (κ3) is 3.98. The first-order chi connectivity index (χ1) is 13.0. The van der Waals surface area contributed by atoms with E-state index in [9.17, 15) is 14.4 Å². The van der Waals surface area contributed by atoms with Gasteiger partial charge in [-0.2, -0.15) is 5.26 Å². The molecule has 0 atom stereocenters. The fraction of sp³-hybridized carbons (Fsp3) is 0.143. The minimum Gasteiger partial charge on any atom is -0.493 e. The number of benzene rings is 2. The highest BCUT2D eigenvalue weighted by atomic mass is 19.1. The summed E-state index contributed by atoms with van der Waals surface area (Å²) in [7, 11) is 1.52. The van der Waals surface area contributed by atoms with Crippen LogP contribution >= 0.6 is 0 Å². The van der Waals surface area contributed by atoms with Gasteiger partial charge < -0.3 is 14.5 Å². The van der Waals surface area contributed by atoms with Crippen LogP contribution in [0.2, 0.25) is 0 Å². The van der Waals surface area contributed by atoms with Gasteiger partial charge in [0.05, 0.1) is 7.11 Å². The molecule has 0 saturated carbocycles. The molecule has 1 aromatic heterocycles. The molecule has 0 fully saturated rings. The van der Waals surface area contributed by atoms with Gasteiger partial charge in [0.2, 0.25) is 0 Å². The number of nitriles is 1. The van der Waals surface area contributed by atoms with E-state index in [4.69, 9.17) is 9.47 Å². The second-order valence-corrected chi connectivity index (χ2v) is 5.97. The largest absolute Gasteiger partial charge is 0.493 e. The number of nitrogens with zero attached hydrogens (tertiary/aromatic N) is 1. The van der Waals surface area contributed by atoms with Crippen LogP contribution in [0.15, 0.2) is 53.3 Å². The zero-order valence-electron chi connectivity index (χ0n) is 14.9. The van der Waals surface area contributed by atoms with Crippen molar-refractivity contribution in [1.82, 2.24) is 4.98 Å². The first kappa shape index (κ1) is 18.2. The summed E-state index contributed by atoms with van der Waals surface area (Å²) in [4.78, 5) is 14.7. The van der Waals surface area contributed by atoms with Crippen LogP contribution in [0.1, 0.15) is 16.8 Å². The molecular formula is C21H17FN2O3. The number of nitrogens with one attached hydrogen (secondary N) is 1. The van der Waals surface area contributed by atoms with Crippen molar-refractivity contribution >= 4 is 0 Å². The quantitative estimate of drug-likeness (QED) is 0.744. The minimum atomic E-state index is -0.439. The molecule has 3 rings (SSSR count). The third-order valence-corrected chi connectivity index (χ3v) is 4.04. The van der Waals surface area contributed by atoms with Gasteiger partial charge >= 0.3 is 0 Å². The molecule has 0 aliphatic carbocycles. The number of aromatic nitrogens is 1. The molecule has 0 aliphatic heterocycles. The van der Waals surface area contributed by atoms with Crippen LogP contribution in [0.3, 0.4) is 0 Å². The lowest BCUT2D eigenvalue weighted by molar-refractivity contribution is 0.284. The van der Waals surface area contributed by atoms with Gasteiger partial charge in [-0.15, -0.1) is 0 Å². The molecule has 3 aromatic rings. The van der Waals surface area contributed by atoms with Gasteiger partial charge in [-0.25, -0.2) is 4.39 Å². The van der Waals surface area contributed by atoms with Crippen molar-refractivity contribution in [2.75, 3.05) is 7.11 Å². The maximum absolute atomic E-state index is 13.3. The first-order valence-electron chi connectivity index (χ1n) is 8.21. The molecule has 5 nitrogen and oxygen atoms in total. The SMILES string of the molecule is COc1ccc(-c2cc(C)[nH]c(=O)c2C#N)cc1OCc1cccc(F)c1. The Morgan fingerprint density at radius 3 is 2.67 bits per heavy atom. The Balaban J connectivity index is 1.99. The molecule has 2 aromatic carbocycles. The van der Waals surface area contributed by atoms with E-state index in [1.807, 2.05) is 6.07 Å². The van der Waals surface area contributed by atoms with Crippen LogP contribution in [-0.4, -0.2) is 12.1 Å². The predicted molar refractivity (Wildman–Crippen MR) is 99.2 cm³/mol. The van der Waals surface area contributed by atoms with Crippen LogP contribution < -0.4 is 15.0 Å². The average Bonchev–Trinajstić information content (AvgIpc) is 2.65. The summed E-state index contributed by atoms with van der Waals surface area (Å²) in [5.41, 5.74) is 2.07. The lowest BCUT2D eigenvalue weighted by atomic mass is 10.0. The number of aromatic amines is 1. The minimum absolute atomic E-state index is 0.0295. The van der Waals surface area contributed by atoms with Crippen molar-refractivity contribution in [3.05, 3.63) is 81.5 Å². The lowest BCUT2D eigenvalue weighted by Crippen LogP contribution is -2.12. The van der Waals surface area contributed by atoms with Crippen molar-refractivity contribution in [3.8, 4) is 28.7 Å². The number of hydrogen-bond donors (Lipinski definition) is 1. The fourth-order valence-corrected chi connectivity index (χ4v) is 2.77. The number of hydrogen-bond acceptors (Lipinski definition) is 4. The van der Waals surface area contributed by atoms with Crippen LogP contribution in [0.5, 0.6) is 11.5 Å². The predicted octanol–water partition coefficient (Wildman–Crippen LogP) is 3.95. The molecule has 136 valence electrons. The molecule has 27 heavy (non-hydrogen) atoms. The number of halogens is 1. The van der Waals surface area contributed by atoms with Crippen molar-refractivity contribution in [1.29, 1.82) is 5.26 Å². The molecule has 0 unspecified atom stereocenters. The zero-order valence-corrected chi connectivity index (χ0v) is 14.9. The Labute approximate surface area is 155 Å². The molecule has 0 bridgehead atoms. The second kappa shape index (κ2) is 7.75. The molecule has 0 aliphatic rings. The van der Waals surface area contributed by atoms with Gasteiger partial charge in [0, 0.05) is 11.3 Å².